The molecule has 0 aliphatic carbocycles. The minimum Gasteiger partial charge on any atom is -0.207 e. The van der Waals surface area contributed by atoms with Crippen LogP contribution in [0.3, 0.4) is 0 Å². The molecule has 52 valence electrons. The van der Waals surface area contributed by atoms with Crippen molar-refractivity contribution < 1.29 is 4.39 Å². The van der Waals surface area contributed by atoms with Gasteiger partial charge in [-0.25, -0.2) is 4.39 Å². The van der Waals surface area contributed by atoms with Gasteiger partial charge in [-0.15, -0.1) is 0 Å². The molecule has 2 heteroatoms. The first-order valence-electron chi connectivity index (χ1n) is 2.80. The summed E-state index contributed by atoms with van der Waals surface area (Å²) in [5.74, 6) is -0.238. The quantitative estimate of drug-likeness (QED) is 0.654. The van der Waals surface area contributed by atoms with Gasteiger partial charge in [0.15, 0.2) is 0 Å². The van der Waals surface area contributed by atoms with E-state index < -0.39 is 0 Å². The molecular weight excluding hydrogens is 195 g/mol. The third kappa shape index (κ3) is 1.67. The highest BCUT2D eigenvalue weighted by molar-refractivity contribution is 9.15. The van der Waals surface area contributed by atoms with Crippen molar-refractivity contribution >= 4 is 20.4 Å². The molecule has 0 aliphatic heterocycles. The molecular formula is C8H6BrF. The predicted molar refractivity (Wildman–Crippen MR) is 44.4 cm³/mol. The van der Waals surface area contributed by atoms with Crippen molar-refractivity contribution in [2.75, 3.05) is 0 Å². The lowest BCUT2D eigenvalue weighted by Crippen LogP contribution is -1.76. The van der Waals surface area contributed by atoms with E-state index in [1.807, 2.05) is 0 Å². The highest BCUT2D eigenvalue weighted by Gasteiger charge is 1.94. The van der Waals surface area contributed by atoms with Gasteiger partial charge in [0.05, 0.1) is 0 Å². The van der Waals surface area contributed by atoms with Crippen LogP contribution in [-0.4, -0.2) is 0 Å². The maximum Gasteiger partial charge on any atom is 0.123 e. The fourth-order valence-corrected chi connectivity index (χ4v) is 0.904. The van der Waals surface area contributed by atoms with Crippen LogP contribution in [0.2, 0.25) is 0 Å². The Morgan fingerprint density at radius 2 is 2.20 bits per heavy atom. The van der Waals surface area contributed by atoms with Crippen LogP contribution in [0.4, 0.5) is 4.39 Å². The van der Waals surface area contributed by atoms with E-state index in [1.54, 1.807) is 12.1 Å². The zero-order chi connectivity index (χ0) is 7.56. The third-order valence-corrected chi connectivity index (χ3v) is 1.60. The van der Waals surface area contributed by atoms with E-state index in [0.29, 0.717) is 4.48 Å². The van der Waals surface area contributed by atoms with Gasteiger partial charge in [0, 0.05) is 4.48 Å². The fourth-order valence-electron chi connectivity index (χ4n) is 0.657. The number of hydrogen-bond donors (Lipinski definition) is 0. The molecule has 0 atom stereocenters. The van der Waals surface area contributed by atoms with Gasteiger partial charge in [0.1, 0.15) is 5.82 Å². The predicted octanol–water partition coefficient (Wildman–Crippen LogP) is 3.19. The monoisotopic (exact) mass is 200 g/mol. The minimum absolute atomic E-state index is 0.238. The highest BCUT2D eigenvalue weighted by Crippen LogP contribution is 2.18. The summed E-state index contributed by atoms with van der Waals surface area (Å²) in [6.07, 6.45) is 0. The fraction of sp³-hybridized carbons (Fsp3) is 0. The molecule has 0 heterocycles. The molecule has 0 amide bonds. The highest BCUT2D eigenvalue weighted by atomic mass is 79.9. The van der Waals surface area contributed by atoms with Gasteiger partial charge in [-0.1, -0.05) is 34.6 Å². The average molecular weight is 201 g/mol. The van der Waals surface area contributed by atoms with E-state index in [4.69, 9.17) is 0 Å². The zero-order valence-electron chi connectivity index (χ0n) is 5.27. The van der Waals surface area contributed by atoms with E-state index in [2.05, 4.69) is 22.5 Å². The first-order chi connectivity index (χ1) is 4.70. The minimum atomic E-state index is -0.238. The summed E-state index contributed by atoms with van der Waals surface area (Å²) < 4.78 is 13.2. The Hall–Kier alpha value is -0.630. The Kier molecular flexibility index (Phi) is 2.22. The van der Waals surface area contributed by atoms with E-state index in [1.165, 1.54) is 12.1 Å². The number of benzene rings is 1. The van der Waals surface area contributed by atoms with Crippen molar-refractivity contribution in [3.63, 3.8) is 0 Å². The van der Waals surface area contributed by atoms with E-state index >= 15 is 0 Å². The summed E-state index contributed by atoms with van der Waals surface area (Å²) in [6.45, 7) is 3.62. The third-order valence-electron chi connectivity index (χ3n) is 1.14. The number of rotatable bonds is 1. The molecule has 0 N–H and O–H groups in total. The Morgan fingerprint density at radius 3 is 2.60 bits per heavy atom. The van der Waals surface area contributed by atoms with Crippen LogP contribution in [0.25, 0.3) is 4.48 Å². The molecule has 1 rings (SSSR count). The summed E-state index contributed by atoms with van der Waals surface area (Å²) in [4.78, 5) is 0. The number of halogens is 2. The summed E-state index contributed by atoms with van der Waals surface area (Å²) in [5.41, 5.74) is 0.778. The lowest BCUT2D eigenvalue weighted by atomic mass is 10.2. The van der Waals surface area contributed by atoms with Gasteiger partial charge >= 0.3 is 0 Å². The first kappa shape index (κ1) is 7.48. The summed E-state index contributed by atoms with van der Waals surface area (Å²) in [6, 6.07) is 6.27. The Labute approximate surface area is 67.5 Å². The second-order valence-corrected chi connectivity index (χ2v) is 2.87. The molecule has 1 aromatic carbocycles. The number of hydrogen-bond acceptors (Lipinski definition) is 0. The Bertz CT molecular complexity index is 255. The molecule has 0 bridgehead atoms. The SMILES string of the molecule is C=C(Br)c1cccc(F)c1. The lowest BCUT2D eigenvalue weighted by Gasteiger charge is -1.95. The molecule has 1 aromatic rings. The molecule has 0 fully saturated rings. The Morgan fingerprint density at radius 1 is 1.50 bits per heavy atom. The van der Waals surface area contributed by atoms with Gasteiger partial charge in [-0.2, -0.15) is 0 Å². The molecule has 0 aromatic heterocycles. The standard InChI is InChI=1S/C8H6BrF/c1-6(9)7-3-2-4-8(10)5-7/h2-5H,1H2. The van der Waals surface area contributed by atoms with Crippen molar-refractivity contribution in [2.24, 2.45) is 0 Å². The second kappa shape index (κ2) is 2.97. The van der Waals surface area contributed by atoms with Crippen LogP contribution in [0.15, 0.2) is 30.8 Å². The van der Waals surface area contributed by atoms with Gasteiger partial charge in [-0.3, -0.25) is 0 Å². The van der Waals surface area contributed by atoms with E-state index in [9.17, 15) is 4.39 Å². The molecule has 0 radical (unpaired) electrons. The molecule has 0 aliphatic rings. The van der Waals surface area contributed by atoms with Gasteiger partial charge in [-0.05, 0) is 17.7 Å². The van der Waals surface area contributed by atoms with Crippen molar-refractivity contribution in [3.8, 4) is 0 Å². The maximum absolute atomic E-state index is 12.5. The van der Waals surface area contributed by atoms with Crippen LogP contribution in [0.5, 0.6) is 0 Å². The summed E-state index contributed by atoms with van der Waals surface area (Å²) >= 11 is 3.16. The molecule has 0 spiro atoms. The van der Waals surface area contributed by atoms with E-state index in [0.717, 1.165) is 5.56 Å². The van der Waals surface area contributed by atoms with Crippen molar-refractivity contribution in [3.05, 3.63) is 42.2 Å². The van der Waals surface area contributed by atoms with Crippen LogP contribution in [0, 0.1) is 5.82 Å². The second-order valence-electron chi connectivity index (χ2n) is 1.92. The summed E-state index contributed by atoms with van der Waals surface area (Å²) in [5, 5.41) is 0. The van der Waals surface area contributed by atoms with E-state index in [-0.39, 0.29) is 5.82 Å². The van der Waals surface area contributed by atoms with Crippen molar-refractivity contribution in [2.45, 2.75) is 0 Å². The smallest absolute Gasteiger partial charge is 0.123 e. The Balaban J connectivity index is 3.07. The topological polar surface area (TPSA) is 0 Å². The molecule has 0 nitrogen and oxygen atoms in total. The van der Waals surface area contributed by atoms with Crippen LogP contribution < -0.4 is 0 Å². The largest absolute Gasteiger partial charge is 0.207 e. The normalized spacial score (nSPS) is 9.40. The van der Waals surface area contributed by atoms with Crippen LogP contribution in [-0.2, 0) is 0 Å². The van der Waals surface area contributed by atoms with Crippen LogP contribution >= 0.6 is 15.9 Å². The van der Waals surface area contributed by atoms with Gasteiger partial charge in [0.2, 0.25) is 0 Å². The van der Waals surface area contributed by atoms with Crippen molar-refractivity contribution in [1.29, 1.82) is 0 Å². The molecule has 0 saturated heterocycles. The van der Waals surface area contributed by atoms with Gasteiger partial charge < -0.3 is 0 Å². The first-order valence-corrected chi connectivity index (χ1v) is 3.60. The molecule has 0 saturated carbocycles. The lowest BCUT2D eigenvalue weighted by molar-refractivity contribution is 0.627. The molecule has 0 unspecified atom stereocenters. The zero-order valence-corrected chi connectivity index (χ0v) is 6.86. The average Bonchev–Trinajstić information content (AvgIpc) is 1.88. The summed E-state index contributed by atoms with van der Waals surface area (Å²) in [7, 11) is 0. The maximum atomic E-state index is 12.5. The van der Waals surface area contributed by atoms with Crippen molar-refractivity contribution in [1.82, 2.24) is 0 Å². The molecule has 10 heavy (non-hydrogen) atoms. The van der Waals surface area contributed by atoms with Gasteiger partial charge in [0.25, 0.3) is 0 Å². The van der Waals surface area contributed by atoms with Crippen LogP contribution in [0.1, 0.15) is 5.56 Å².